The fourth-order valence-corrected chi connectivity index (χ4v) is 4.07. The number of hydrogen-bond donors (Lipinski definition) is 1. The molecule has 1 atom stereocenters. The fraction of sp³-hybridized carbons (Fsp3) is 0.350. The lowest BCUT2D eigenvalue weighted by Gasteiger charge is -2.24. The number of fused-ring (bicyclic) bond motifs is 1. The molecule has 1 amide bonds. The summed E-state index contributed by atoms with van der Waals surface area (Å²) < 4.78 is 8.49. The molecule has 2 heterocycles. The van der Waals surface area contributed by atoms with Crippen LogP contribution in [-0.2, 0) is 6.54 Å². The molecule has 0 bridgehead atoms. The summed E-state index contributed by atoms with van der Waals surface area (Å²) in [6.07, 6.45) is 2.37. The number of aromatic nitrogens is 2. The molecule has 4 rings (SSSR count). The smallest absolute Gasteiger partial charge is 0.253 e. The summed E-state index contributed by atoms with van der Waals surface area (Å²) >= 11 is 1.21. The number of amides is 1. The molecule has 1 aliphatic rings. The van der Waals surface area contributed by atoms with Gasteiger partial charge in [0.05, 0.1) is 11.7 Å². The van der Waals surface area contributed by atoms with Gasteiger partial charge >= 0.3 is 0 Å². The average Bonchev–Trinajstić information content (AvgIpc) is 3.16. The minimum atomic E-state index is 0.0483. The maximum absolute atomic E-state index is 12.9. The number of hydrogen-bond acceptors (Lipinski definition) is 5. The van der Waals surface area contributed by atoms with Gasteiger partial charge in [0.25, 0.3) is 5.91 Å². The van der Waals surface area contributed by atoms with Crippen molar-refractivity contribution in [3.05, 3.63) is 59.2 Å². The number of rotatable bonds is 4. The summed E-state index contributed by atoms with van der Waals surface area (Å²) in [5.74, 6) is 0.550. The van der Waals surface area contributed by atoms with E-state index >= 15 is 0 Å². The van der Waals surface area contributed by atoms with Gasteiger partial charge in [-0.05, 0) is 60.7 Å². The highest BCUT2D eigenvalue weighted by Gasteiger charge is 2.18. The second-order valence-corrected chi connectivity index (χ2v) is 7.45. The molecule has 5 nitrogen and oxygen atoms in total. The van der Waals surface area contributed by atoms with Crippen LogP contribution in [0.1, 0.15) is 40.2 Å². The standard InChI is InChI=1S/C20H22N4OS/c1-24(13-14-7-8-18-19(10-14)23-26-22-18)20(25)16-5-2-4-15(11-16)17-6-3-9-21-12-17/h2,4-5,7-8,10-11,17,21H,3,6,9,12-13H2,1H3/t17-/m1/s1. The highest BCUT2D eigenvalue weighted by Crippen LogP contribution is 2.24. The van der Waals surface area contributed by atoms with Crippen LogP contribution in [0.5, 0.6) is 0 Å². The van der Waals surface area contributed by atoms with Crippen LogP contribution in [0.3, 0.4) is 0 Å². The zero-order valence-corrected chi connectivity index (χ0v) is 15.6. The van der Waals surface area contributed by atoms with Crippen molar-refractivity contribution in [2.45, 2.75) is 25.3 Å². The Morgan fingerprint density at radius 3 is 2.96 bits per heavy atom. The number of nitrogens with zero attached hydrogens (tertiary/aromatic N) is 3. The van der Waals surface area contributed by atoms with E-state index in [1.54, 1.807) is 4.90 Å². The Morgan fingerprint density at radius 2 is 2.12 bits per heavy atom. The molecule has 2 aromatic carbocycles. The lowest BCUT2D eigenvalue weighted by molar-refractivity contribution is 0.0785. The summed E-state index contributed by atoms with van der Waals surface area (Å²) in [5.41, 5.74) is 4.87. The summed E-state index contributed by atoms with van der Waals surface area (Å²) in [7, 11) is 1.85. The van der Waals surface area contributed by atoms with Crippen molar-refractivity contribution in [3.8, 4) is 0 Å². The molecule has 1 fully saturated rings. The monoisotopic (exact) mass is 366 g/mol. The van der Waals surface area contributed by atoms with Crippen LogP contribution in [0.4, 0.5) is 0 Å². The topological polar surface area (TPSA) is 58.1 Å². The molecular formula is C20H22N4OS. The first-order valence-electron chi connectivity index (χ1n) is 8.98. The van der Waals surface area contributed by atoms with Gasteiger partial charge in [0.2, 0.25) is 0 Å². The summed E-state index contributed by atoms with van der Waals surface area (Å²) in [4.78, 5) is 14.6. The third-order valence-electron chi connectivity index (χ3n) is 4.99. The van der Waals surface area contributed by atoms with Crippen LogP contribution in [0.25, 0.3) is 11.0 Å². The molecule has 1 saturated heterocycles. The van der Waals surface area contributed by atoms with Crippen molar-refractivity contribution in [1.29, 1.82) is 0 Å². The largest absolute Gasteiger partial charge is 0.337 e. The Hall–Kier alpha value is -2.31. The van der Waals surface area contributed by atoms with E-state index in [0.717, 1.165) is 35.2 Å². The number of carbonyl (C=O) groups excluding carboxylic acids is 1. The molecule has 0 radical (unpaired) electrons. The second kappa shape index (κ2) is 7.51. The van der Waals surface area contributed by atoms with Crippen molar-refractivity contribution in [1.82, 2.24) is 19.0 Å². The van der Waals surface area contributed by atoms with Crippen molar-refractivity contribution in [3.63, 3.8) is 0 Å². The van der Waals surface area contributed by atoms with Crippen molar-refractivity contribution < 1.29 is 4.79 Å². The van der Waals surface area contributed by atoms with E-state index in [2.05, 4.69) is 26.2 Å². The third-order valence-corrected chi connectivity index (χ3v) is 5.54. The zero-order valence-electron chi connectivity index (χ0n) is 14.8. The second-order valence-electron chi connectivity index (χ2n) is 6.92. The quantitative estimate of drug-likeness (QED) is 0.769. The van der Waals surface area contributed by atoms with E-state index in [4.69, 9.17) is 0 Å². The Kier molecular flexibility index (Phi) is 4.95. The van der Waals surface area contributed by atoms with Gasteiger partial charge in [-0.15, -0.1) is 0 Å². The summed E-state index contributed by atoms with van der Waals surface area (Å²) in [6.45, 7) is 2.65. The Labute approximate surface area is 157 Å². The van der Waals surface area contributed by atoms with Crippen LogP contribution in [0.2, 0.25) is 0 Å². The van der Waals surface area contributed by atoms with Crippen LogP contribution < -0.4 is 5.32 Å². The third kappa shape index (κ3) is 3.61. The van der Waals surface area contributed by atoms with E-state index in [1.165, 1.54) is 30.1 Å². The van der Waals surface area contributed by atoms with E-state index in [1.807, 2.05) is 37.4 Å². The van der Waals surface area contributed by atoms with Crippen LogP contribution >= 0.6 is 11.7 Å². The average molecular weight is 366 g/mol. The molecule has 0 aliphatic carbocycles. The number of carbonyl (C=O) groups is 1. The van der Waals surface area contributed by atoms with Gasteiger partial charge in [0, 0.05) is 25.7 Å². The molecule has 0 unspecified atom stereocenters. The van der Waals surface area contributed by atoms with Crippen LogP contribution in [-0.4, -0.2) is 39.7 Å². The lowest BCUT2D eigenvalue weighted by atomic mass is 9.90. The maximum Gasteiger partial charge on any atom is 0.253 e. The number of benzene rings is 2. The molecule has 6 heteroatoms. The van der Waals surface area contributed by atoms with Gasteiger partial charge in [0.15, 0.2) is 0 Å². The van der Waals surface area contributed by atoms with Crippen LogP contribution in [0, 0.1) is 0 Å². The van der Waals surface area contributed by atoms with Gasteiger partial charge in [-0.1, -0.05) is 18.2 Å². The molecule has 3 aromatic rings. The first-order valence-corrected chi connectivity index (χ1v) is 9.71. The van der Waals surface area contributed by atoms with Crippen molar-refractivity contribution in [2.24, 2.45) is 0 Å². The minimum Gasteiger partial charge on any atom is -0.337 e. The number of piperidine rings is 1. The first kappa shape index (κ1) is 17.1. The van der Waals surface area contributed by atoms with Gasteiger partial charge in [0.1, 0.15) is 11.0 Å². The zero-order chi connectivity index (χ0) is 17.9. The highest BCUT2D eigenvalue weighted by atomic mass is 32.1. The number of nitrogens with one attached hydrogen (secondary N) is 1. The van der Waals surface area contributed by atoms with E-state index in [0.29, 0.717) is 12.5 Å². The normalized spacial score (nSPS) is 17.3. The molecule has 1 aliphatic heterocycles. The Bertz CT molecular complexity index is 917. The predicted octanol–water partition coefficient (Wildman–Crippen LogP) is 3.43. The summed E-state index contributed by atoms with van der Waals surface area (Å²) in [6, 6.07) is 14.1. The van der Waals surface area contributed by atoms with Gasteiger partial charge < -0.3 is 10.2 Å². The van der Waals surface area contributed by atoms with Gasteiger partial charge in [-0.25, -0.2) is 0 Å². The molecular weight excluding hydrogens is 344 g/mol. The summed E-state index contributed by atoms with van der Waals surface area (Å²) in [5, 5.41) is 3.44. The fourth-order valence-electron chi connectivity index (χ4n) is 3.55. The van der Waals surface area contributed by atoms with Gasteiger partial charge in [-0.2, -0.15) is 8.75 Å². The van der Waals surface area contributed by atoms with Gasteiger partial charge in [-0.3, -0.25) is 4.79 Å². The molecule has 0 spiro atoms. The first-order chi connectivity index (χ1) is 12.7. The maximum atomic E-state index is 12.9. The minimum absolute atomic E-state index is 0.0483. The predicted molar refractivity (Wildman–Crippen MR) is 104 cm³/mol. The van der Waals surface area contributed by atoms with Crippen molar-refractivity contribution in [2.75, 3.05) is 20.1 Å². The Morgan fingerprint density at radius 1 is 1.23 bits per heavy atom. The molecule has 1 N–H and O–H groups in total. The Balaban J connectivity index is 1.49. The lowest BCUT2D eigenvalue weighted by Crippen LogP contribution is -2.29. The van der Waals surface area contributed by atoms with Crippen LogP contribution in [0.15, 0.2) is 42.5 Å². The SMILES string of the molecule is CN(Cc1ccc2nsnc2c1)C(=O)c1cccc([C@@H]2CCCNC2)c1. The highest BCUT2D eigenvalue weighted by molar-refractivity contribution is 7.00. The molecule has 26 heavy (non-hydrogen) atoms. The molecule has 134 valence electrons. The van der Waals surface area contributed by atoms with E-state index < -0.39 is 0 Å². The molecule has 1 aromatic heterocycles. The van der Waals surface area contributed by atoms with E-state index in [-0.39, 0.29) is 5.91 Å². The van der Waals surface area contributed by atoms with Crippen molar-refractivity contribution >= 4 is 28.7 Å². The van der Waals surface area contributed by atoms with E-state index in [9.17, 15) is 4.79 Å². The molecule has 0 saturated carbocycles.